The molecule has 0 aliphatic rings. The van der Waals surface area contributed by atoms with Crippen molar-refractivity contribution in [2.24, 2.45) is 0 Å². The van der Waals surface area contributed by atoms with Gasteiger partial charge in [-0.2, -0.15) is 0 Å². The first-order valence-corrected chi connectivity index (χ1v) is 9.78. The molecule has 0 aromatic heterocycles. The van der Waals surface area contributed by atoms with Crippen molar-refractivity contribution in [2.75, 3.05) is 6.26 Å². The van der Waals surface area contributed by atoms with E-state index < -0.39 is 15.8 Å². The van der Waals surface area contributed by atoms with E-state index in [9.17, 15) is 13.2 Å². The highest BCUT2D eigenvalue weighted by Gasteiger charge is 2.14. The maximum Gasteiger partial charge on any atom is 0.308 e. The third kappa shape index (κ3) is 4.88. The van der Waals surface area contributed by atoms with E-state index in [0.29, 0.717) is 20.6 Å². The molecule has 0 fully saturated rings. The van der Waals surface area contributed by atoms with Gasteiger partial charge in [-0.05, 0) is 36.4 Å². The Morgan fingerprint density at radius 2 is 1.78 bits per heavy atom. The average molecular weight is 391 g/mol. The van der Waals surface area contributed by atoms with Gasteiger partial charge in [-0.15, -0.1) is 0 Å². The van der Waals surface area contributed by atoms with E-state index in [2.05, 4.69) is 0 Å². The quantitative estimate of drug-likeness (QED) is 0.568. The Balaban J connectivity index is 2.39. The Hall–Kier alpha value is -1.21. The van der Waals surface area contributed by atoms with Gasteiger partial charge in [-0.25, -0.2) is 8.42 Å². The molecule has 0 heterocycles. The molecule has 0 unspecified atom stereocenters. The minimum atomic E-state index is -3.33. The van der Waals surface area contributed by atoms with Crippen LogP contribution < -0.4 is 4.74 Å². The number of halogens is 2. The number of sulfone groups is 1. The van der Waals surface area contributed by atoms with Crippen LogP contribution >= 0.6 is 35.0 Å². The fourth-order valence-corrected chi connectivity index (χ4v) is 3.88. The van der Waals surface area contributed by atoms with Crippen LogP contribution in [-0.4, -0.2) is 20.6 Å². The molecule has 23 heavy (non-hydrogen) atoms. The molecule has 0 bridgehead atoms. The summed E-state index contributed by atoms with van der Waals surface area (Å²) in [5.41, 5.74) is 0. The molecular formula is C15H12Cl2O4S2. The predicted octanol–water partition coefficient (Wildman–Crippen LogP) is 4.47. The first-order valence-electron chi connectivity index (χ1n) is 6.32. The Morgan fingerprint density at radius 3 is 2.35 bits per heavy atom. The van der Waals surface area contributed by atoms with Crippen molar-refractivity contribution in [3.63, 3.8) is 0 Å². The van der Waals surface area contributed by atoms with E-state index in [0.717, 1.165) is 6.26 Å². The number of carbonyl (C=O) groups excluding carboxylic acids is 1. The summed E-state index contributed by atoms with van der Waals surface area (Å²) in [7, 11) is -3.33. The minimum Gasteiger partial charge on any atom is -0.426 e. The zero-order chi connectivity index (χ0) is 17.2. The highest BCUT2D eigenvalue weighted by molar-refractivity contribution is 7.99. The van der Waals surface area contributed by atoms with Gasteiger partial charge in [0.05, 0.1) is 14.8 Å². The van der Waals surface area contributed by atoms with Crippen LogP contribution in [0, 0.1) is 0 Å². The second kappa shape index (κ2) is 7.13. The molecule has 2 aromatic rings. The molecule has 0 saturated heterocycles. The highest BCUT2D eigenvalue weighted by Crippen LogP contribution is 2.40. The molecule has 0 radical (unpaired) electrons. The number of hydrogen-bond donors (Lipinski definition) is 0. The molecule has 4 nitrogen and oxygen atoms in total. The number of hydrogen-bond acceptors (Lipinski definition) is 5. The highest BCUT2D eigenvalue weighted by atomic mass is 35.5. The van der Waals surface area contributed by atoms with Crippen molar-refractivity contribution >= 4 is 50.8 Å². The van der Waals surface area contributed by atoms with Crippen molar-refractivity contribution < 1.29 is 17.9 Å². The lowest BCUT2D eigenvalue weighted by Gasteiger charge is -2.10. The maximum atomic E-state index is 11.5. The van der Waals surface area contributed by atoms with Gasteiger partial charge in [0.25, 0.3) is 0 Å². The lowest BCUT2D eigenvalue weighted by atomic mass is 10.3. The van der Waals surface area contributed by atoms with E-state index in [1.807, 2.05) is 0 Å². The van der Waals surface area contributed by atoms with Gasteiger partial charge in [-0.3, -0.25) is 4.79 Å². The van der Waals surface area contributed by atoms with Crippen LogP contribution in [0.4, 0.5) is 0 Å². The van der Waals surface area contributed by atoms with Crippen LogP contribution in [0.3, 0.4) is 0 Å². The summed E-state index contributed by atoms with van der Waals surface area (Å²) in [6.07, 6.45) is 1.11. The Bertz CT molecular complexity index is 864. The van der Waals surface area contributed by atoms with Crippen molar-refractivity contribution in [1.82, 2.24) is 0 Å². The van der Waals surface area contributed by atoms with Crippen molar-refractivity contribution in [3.8, 4) is 5.75 Å². The Labute approximate surface area is 148 Å². The summed E-state index contributed by atoms with van der Waals surface area (Å²) >= 11 is 13.4. The first-order chi connectivity index (χ1) is 10.7. The molecule has 0 aliphatic heterocycles. The molecule has 0 saturated carbocycles. The topological polar surface area (TPSA) is 60.4 Å². The van der Waals surface area contributed by atoms with E-state index >= 15 is 0 Å². The molecule has 0 amide bonds. The van der Waals surface area contributed by atoms with E-state index in [4.69, 9.17) is 27.9 Å². The summed E-state index contributed by atoms with van der Waals surface area (Å²) in [4.78, 5) is 12.5. The summed E-state index contributed by atoms with van der Waals surface area (Å²) in [6.45, 7) is 1.30. The normalized spacial score (nSPS) is 11.3. The lowest BCUT2D eigenvalue weighted by molar-refractivity contribution is -0.132. The molecule has 2 aromatic carbocycles. The zero-order valence-corrected chi connectivity index (χ0v) is 15.3. The third-order valence-electron chi connectivity index (χ3n) is 2.71. The number of ether oxygens (including phenoxy) is 1. The third-order valence-corrected chi connectivity index (χ3v) is 5.60. The van der Waals surface area contributed by atoms with E-state index in [-0.39, 0.29) is 9.92 Å². The second-order valence-corrected chi connectivity index (χ2v) is 8.59. The number of rotatable bonds is 4. The largest absolute Gasteiger partial charge is 0.426 e. The number of esters is 1. The van der Waals surface area contributed by atoms with Crippen LogP contribution in [0.1, 0.15) is 6.92 Å². The van der Waals surface area contributed by atoms with Crippen molar-refractivity contribution in [2.45, 2.75) is 21.6 Å². The molecule has 8 heteroatoms. The molecule has 0 N–H and O–H groups in total. The summed E-state index contributed by atoms with van der Waals surface area (Å²) in [6, 6.07) is 9.30. The monoisotopic (exact) mass is 390 g/mol. The van der Waals surface area contributed by atoms with Crippen LogP contribution in [0.2, 0.25) is 10.0 Å². The Morgan fingerprint density at radius 1 is 1.09 bits per heavy atom. The first kappa shape index (κ1) is 18.1. The zero-order valence-electron chi connectivity index (χ0n) is 12.2. The number of carbonyl (C=O) groups is 1. The van der Waals surface area contributed by atoms with Gasteiger partial charge < -0.3 is 4.74 Å². The Kier molecular flexibility index (Phi) is 5.62. The molecule has 122 valence electrons. The SMILES string of the molecule is CC(=O)Oc1ccc(Cl)cc1Sc1ccc(S(C)(=O)=O)cc1Cl. The summed E-state index contributed by atoms with van der Waals surface area (Å²) in [5.74, 6) is -0.0946. The summed E-state index contributed by atoms with van der Waals surface area (Å²) < 4.78 is 28.2. The molecule has 0 spiro atoms. The van der Waals surface area contributed by atoms with Crippen LogP contribution in [0.25, 0.3) is 0 Å². The lowest BCUT2D eigenvalue weighted by Crippen LogP contribution is -2.02. The summed E-state index contributed by atoms with van der Waals surface area (Å²) in [5, 5.41) is 0.763. The van der Waals surface area contributed by atoms with Gasteiger partial charge in [0, 0.05) is 23.1 Å². The smallest absolute Gasteiger partial charge is 0.308 e. The fourth-order valence-electron chi connectivity index (χ4n) is 1.71. The molecule has 0 aliphatic carbocycles. The van der Waals surface area contributed by atoms with Crippen LogP contribution in [-0.2, 0) is 14.6 Å². The van der Waals surface area contributed by atoms with E-state index in [1.54, 1.807) is 24.3 Å². The number of benzene rings is 2. The minimum absolute atomic E-state index is 0.137. The van der Waals surface area contributed by atoms with Gasteiger partial charge in [0.2, 0.25) is 0 Å². The molecular weight excluding hydrogens is 379 g/mol. The van der Waals surface area contributed by atoms with Gasteiger partial charge in [0.1, 0.15) is 5.75 Å². The fraction of sp³-hybridized carbons (Fsp3) is 0.133. The standard InChI is InChI=1S/C15H12Cl2O4S2/c1-9(18)21-13-5-3-10(16)7-15(13)22-14-6-4-11(8-12(14)17)23(2,19)20/h3-8H,1-2H3. The molecule has 0 atom stereocenters. The maximum absolute atomic E-state index is 11.5. The molecule has 2 rings (SSSR count). The van der Waals surface area contributed by atoms with Crippen molar-refractivity contribution in [3.05, 3.63) is 46.4 Å². The van der Waals surface area contributed by atoms with Crippen LogP contribution in [0.5, 0.6) is 5.75 Å². The van der Waals surface area contributed by atoms with E-state index in [1.165, 1.54) is 30.8 Å². The predicted molar refractivity (Wildman–Crippen MR) is 91.4 cm³/mol. The van der Waals surface area contributed by atoms with Gasteiger partial charge >= 0.3 is 5.97 Å². The van der Waals surface area contributed by atoms with Gasteiger partial charge in [-0.1, -0.05) is 35.0 Å². The second-order valence-electron chi connectivity index (χ2n) is 4.65. The van der Waals surface area contributed by atoms with Crippen molar-refractivity contribution in [1.29, 1.82) is 0 Å². The average Bonchev–Trinajstić information content (AvgIpc) is 2.42. The van der Waals surface area contributed by atoms with Crippen LogP contribution in [0.15, 0.2) is 51.1 Å². The van der Waals surface area contributed by atoms with Gasteiger partial charge in [0.15, 0.2) is 9.84 Å².